The molecule has 5 heterocycles. The fourth-order valence-corrected chi connectivity index (χ4v) is 5.43. The fourth-order valence-electron chi connectivity index (χ4n) is 5.43. The minimum absolute atomic E-state index is 0.223. The van der Waals surface area contributed by atoms with Crippen molar-refractivity contribution in [3.63, 3.8) is 0 Å². The average molecular weight is 468 g/mol. The van der Waals surface area contributed by atoms with Crippen molar-refractivity contribution in [2.24, 2.45) is 0 Å². The van der Waals surface area contributed by atoms with E-state index < -0.39 is 0 Å². The molecule has 2 unspecified atom stereocenters. The van der Waals surface area contributed by atoms with Crippen LogP contribution in [0.2, 0.25) is 0 Å². The van der Waals surface area contributed by atoms with Crippen molar-refractivity contribution in [2.75, 3.05) is 24.5 Å². The van der Waals surface area contributed by atoms with Gasteiger partial charge in [-0.2, -0.15) is 5.10 Å². The molecule has 1 N–H and O–H groups in total. The van der Waals surface area contributed by atoms with Crippen molar-refractivity contribution in [2.45, 2.75) is 37.9 Å². The average Bonchev–Trinajstić information content (AvgIpc) is 3.49. The summed E-state index contributed by atoms with van der Waals surface area (Å²) < 4.78 is 1.83. The SMILES string of the molecule is O=C(CCNCc1cccc2ncnn12)N1CC2CCC(C1)N2c1ccc(-c2ccccc2)cn1. The molecular weight excluding hydrogens is 438 g/mol. The summed E-state index contributed by atoms with van der Waals surface area (Å²) in [5.74, 6) is 1.24. The quantitative estimate of drug-likeness (QED) is 0.421. The van der Waals surface area contributed by atoms with Gasteiger partial charge in [0.1, 0.15) is 12.1 Å². The number of fused-ring (bicyclic) bond motifs is 3. The van der Waals surface area contributed by atoms with Gasteiger partial charge in [0.05, 0.1) is 5.69 Å². The molecule has 2 saturated heterocycles. The van der Waals surface area contributed by atoms with Crippen LogP contribution in [-0.2, 0) is 11.3 Å². The number of hydrogen-bond donors (Lipinski definition) is 1. The molecule has 0 aliphatic carbocycles. The summed E-state index contributed by atoms with van der Waals surface area (Å²) in [4.78, 5) is 26.5. The fraction of sp³-hybridized carbons (Fsp3) is 0.333. The van der Waals surface area contributed by atoms with E-state index in [0.717, 1.165) is 48.7 Å². The largest absolute Gasteiger partial charge is 0.347 e. The number of anilines is 1. The van der Waals surface area contributed by atoms with Gasteiger partial charge in [-0.15, -0.1) is 0 Å². The number of nitrogens with one attached hydrogen (secondary N) is 1. The van der Waals surface area contributed by atoms with Gasteiger partial charge in [0.2, 0.25) is 5.91 Å². The summed E-state index contributed by atoms with van der Waals surface area (Å²) in [6.07, 6.45) is 6.24. The number of nitrogens with zero attached hydrogens (tertiary/aromatic N) is 6. The second kappa shape index (κ2) is 9.46. The maximum atomic E-state index is 13.0. The molecule has 35 heavy (non-hydrogen) atoms. The van der Waals surface area contributed by atoms with Crippen LogP contribution in [0.3, 0.4) is 0 Å². The molecule has 6 rings (SSSR count). The first-order chi connectivity index (χ1) is 17.3. The highest BCUT2D eigenvalue weighted by Crippen LogP contribution is 2.34. The third-order valence-electron chi connectivity index (χ3n) is 7.16. The van der Waals surface area contributed by atoms with Gasteiger partial charge in [-0.1, -0.05) is 36.4 Å². The van der Waals surface area contributed by atoms with Crippen LogP contribution >= 0.6 is 0 Å². The zero-order valence-corrected chi connectivity index (χ0v) is 19.6. The van der Waals surface area contributed by atoms with E-state index in [0.29, 0.717) is 31.6 Å². The second-order valence-corrected chi connectivity index (χ2v) is 9.34. The van der Waals surface area contributed by atoms with Crippen LogP contribution in [0.4, 0.5) is 5.82 Å². The zero-order chi connectivity index (χ0) is 23.6. The van der Waals surface area contributed by atoms with Gasteiger partial charge in [-0.05, 0) is 42.7 Å². The van der Waals surface area contributed by atoms with Crippen molar-refractivity contribution in [3.8, 4) is 11.1 Å². The highest BCUT2D eigenvalue weighted by atomic mass is 16.2. The van der Waals surface area contributed by atoms with Crippen molar-refractivity contribution in [3.05, 3.63) is 78.9 Å². The molecule has 0 spiro atoms. The summed E-state index contributed by atoms with van der Waals surface area (Å²) in [6.45, 7) is 2.84. The molecule has 4 aromatic rings. The Morgan fingerprint density at radius 2 is 1.74 bits per heavy atom. The monoisotopic (exact) mass is 467 g/mol. The Morgan fingerprint density at radius 1 is 0.914 bits per heavy atom. The summed E-state index contributed by atoms with van der Waals surface area (Å²) >= 11 is 0. The predicted molar refractivity (Wildman–Crippen MR) is 135 cm³/mol. The Morgan fingerprint density at radius 3 is 2.51 bits per heavy atom. The Balaban J connectivity index is 1.03. The van der Waals surface area contributed by atoms with Crippen molar-refractivity contribution in [1.82, 2.24) is 29.8 Å². The maximum absolute atomic E-state index is 13.0. The van der Waals surface area contributed by atoms with E-state index in [4.69, 9.17) is 4.98 Å². The van der Waals surface area contributed by atoms with E-state index in [2.05, 4.69) is 49.5 Å². The number of carbonyl (C=O) groups excluding carboxylic acids is 1. The molecule has 1 aromatic carbocycles. The van der Waals surface area contributed by atoms with E-state index in [1.54, 1.807) is 6.33 Å². The van der Waals surface area contributed by atoms with Crippen molar-refractivity contribution < 1.29 is 4.79 Å². The second-order valence-electron chi connectivity index (χ2n) is 9.34. The van der Waals surface area contributed by atoms with Gasteiger partial charge in [-0.3, -0.25) is 4.79 Å². The van der Waals surface area contributed by atoms with Gasteiger partial charge >= 0.3 is 0 Å². The lowest BCUT2D eigenvalue weighted by atomic mass is 10.1. The lowest BCUT2D eigenvalue weighted by Gasteiger charge is -2.42. The smallest absolute Gasteiger partial charge is 0.223 e. The van der Waals surface area contributed by atoms with Gasteiger partial charge < -0.3 is 15.1 Å². The molecule has 0 saturated carbocycles. The summed E-state index contributed by atoms with van der Waals surface area (Å²) in [5, 5.41) is 7.65. The molecule has 178 valence electrons. The third-order valence-corrected chi connectivity index (χ3v) is 7.16. The molecule has 2 aliphatic heterocycles. The van der Waals surface area contributed by atoms with Crippen LogP contribution in [0, 0.1) is 0 Å². The number of piperazine rings is 1. The molecule has 2 aliphatic rings. The number of rotatable bonds is 7. The van der Waals surface area contributed by atoms with E-state index in [1.807, 2.05) is 47.1 Å². The first kappa shape index (κ1) is 21.7. The minimum atomic E-state index is 0.223. The Kier molecular flexibility index (Phi) is 5.88. The lowest BCUT2D eigenvalue weighted by Crippen LogP contribution is -2.56. The van der Waals surface area contributed by atoms with Crippen LogP contribution < -0.4 is 10.2 Å². The van der Waals surface area contributed by atoms with Crippen LogP contribution in [0.5, 0.6) is 0 Å². The van der Waals surface area contributed by atoms with Gasteiger partial charge in [-0.25, -0.2) is 14.5 Å². The van der Waals surface area contributed by atoms with Crippen LogP contribution in [0.1, 0.15) is 25.0 Å². The van der Waals surface area contributed by atoms with Crippen molar-refractivity contribution in [1.29, 1.82) is 0 Å². The standard InChI is InChI=1S/C27H29N7O/c35-27(13-14-28-16-22-7-4-8-26-30-19-31-34(22)26)32-17-23-10-11-24(18-32)33(23)25-12-9-21(15-29-25)20-5-2-1-3-6-20/h1-9,12,15,19,23-24,28H,10-11,13-14,16-18H2. The van der Waals surface area contributed by atoms with Crippen LogP contribution in [0.25, 0.3) is 16.8 Å². The molecule has 8 heteroatoms. The number of benzene rings is 1. The Bertz CT molecular complexity index is 1290. The summed E-state index contributed by atoms with van der Waals surface area (Å²) in [5.41, 5.74) is 4.17. The highest BCUT2D eigenvalue weighted by Gasteiger charge is 2.41. The van der Waals surface area contributed by atoms with Crippen LogP contribution in [-0.4, -0.2) is 62.1 Å². The first-order valence-corrected chi connectivity index (χ1v) is 12.3. The Hall–Kier alpha value is -3.78. The van der Waals surface area contributed by atoms with Gasteiger partial charge in [0.15, 0.2) is 5.65 Å². The number of aromatic nitrogens is 4. The lowest BCUT2D eigenvalue weighted by molar-refractivity contribution is -0.132. The Labute approximate surface area is 204 Å². The van der Waals surface area contributed by atoms with Gasteiger partial charge in [0, 0.05) is 56.4 Å². The number of carbonyl (C=O) groups is 1. The van der Waals surface area contributed by atoms with E-state index in [9.17, 15) is 4.79 Å². The van der Waals surface area contributed by atoms with Gasteiger partial charge in [0.25, 0.3) is 0 Å². The maximum Gasteiger partial charge on any atom is 0.223 e. The minimum Gasteiger partial charge on any atom is -0.347 e. The van der Waals surface area contributed by atoms with Crippen LogP contribution in [0.15, 0.2) is 73.2 Å². The summed E-state index contributed by atoms with van der Waals surface area (Å²) in [7, 11) is 0. The molecule has 0 radical (unpaired) electrons. The number of likely N-dealkylation sites (tertiary alicyclic amines) is 1. The molecule has 2 fully saturated rings. The van der Waals surface area contributed by atoms with Crippen molar-refractivity contribution >= 4 is 17.4 Å². The molecular formula is C27H29N7O. The van der Waals surface area contributed by atoms with E-state index in [-0.39, 0.29) is 5.91 Å². The topological polar surface area (TPSA) is 78.7 Å². The first-order valence-electron chi connectivity index (χ1n) is 12.3. The molecule has 2 bridgehead atoms. The molecule has 8 nitrogen and oxygen atoms in total. The highest BCUT2D eigenvalue weighted by molar-refractivity contribution is 5.77. The van der Waals surface area contributed by atoms with E-state index in [1.165, 1.54) is 5.56 Å². The molecule has 2 atom stereocenters. The number of hydrogen-bond acceptors (Lipinski definition) is 6. The van der Waals surface area contributed by atoms with E-state index >= 15 is 0 Å². The third kappa shape index (κ3) is 4.37. The zero-order valence-electron chi connectivity index (χ0n) is 19.6. The predicted octanol–water partition coefficient (Wildman–Crippen LogP) is 3.15. The molecule has 1 amide bonds. The normalized spacial score (nSPS) is 19.4. The summed E-state index contributed by atoms with van der Waals surface area (Å²) in [6, 6.07) is 21.2. The number of pyridine rings is 2. The number of amides is 1. The molecule has 3 aromatic heterocycles.